The largest absolute Gasteiger partial charge is 0.467 e. The Bertz CT molecular complexity index is 921. The standard InChI is InChI=1S/C19H16ClFN2O2S/c20-15-11-12(21)5-6-14(15)18(24)23-9-7-13(8-10-23)25-19-22-16-3-1-2-4-17(16)26-19/h1-6,11,13H,7-10H2. The van der Waals surface area contributed by atoms with Crippen molar-refractivity contribution < 1.29 is 13.9 Å². The molecule has 1 aromatic heterocycles. The van der Waals surface area contributed by atoms with Crippen molar-refractivity contribution in [2.24, 2.45) is 0 Å². The maximum absolute atomic E-state index is 13.2. The molecule has 26 heavy (non-hydrogen) atoms. The molecule has 0 saturated carbocycles. The van der Waals surface area contributed by atoms with Gasteiger partial charge in [-0.15, -0.1) is 0 Å². The Kier molecular flexibility index (Phi) is 4.78. The predicted octanol–water partition coefficient (Wildman–Crippen LogP) is 4.77. The lowest BCUT2D eigenvalue weighted by Gasteiger charge is -2.31. The number of carbonyl (C=O) groups is 1. The van der Waals surface area contributed by atoms with Crippen LogP contribution in [0.2, 0.25) is 5.02 Å². The maximum atomic E-state index is 13.2. The molecule has 4 nitrogen and oxygen atoms in total. The minimum absolute atomic E-state index is 0.0308. The van der Waals surface area contributed by atoms with Gasteiger partial charge in [0.1, 0.15) is 11.9 Å². The minimum Gasteiger partial charge on any atom is -0.467 e. The van der Waals surface area contributed by atoms with Crippen LogP contribution in [0.4, 0.5) is 4.39 Å². The number of carbonyl (C=O) groups excluding carboxylic acids is 1. The molecule has 0 unspecified atom stereocenters. The number of hydrogen-bond donors (Lipinski definition) is 0. The van der Waals surface area contributed by atoms with Crippen molar-refractivity contribution in [2.45, 2.75) is 18.9 Å². The van der Waals surface area contributed by atoms with Crippen LogP contribution in [0.15, 0.2) is 42.5 Å². The van der Waals surface area contributed by atoms with E-state index >= 15 is 0 Å². The van der Waals surface area contributed by atoms with Crippen molar-refractivity contribution in [2.75, 3.05) is 13.1 Å². The van der Waals surface area contributed by atoms with E-state index in [1.165, 1.54) is 23.5 Å². The van der Waals surface area contributed by atoms with Gasteiger partial charge >= 0.3 is 0 Å². The molecule has 0 aliphatic carbocycles. The molecule has 1 aliphatic rings. The van der Waals surface area contributed by atoms with Gasteiger partial charge in [-0.2, -0.15) is 0 Å². The first-order valence-corrected chi connectivity index (χ1v) is 9.56. The van der Waals surface area contributed by atoms with Crippen LogP contribution >= 0.6 is 22.9 Å². The highest BCUT2D eigenvalue weighted by atomic mass is 35.5. The fourth-order valence-corrected chi connectivity index (χ4v) is 4.18. The number of piperidine rings is 1. The average molecular weight is 391 g/mol. The van der Waals surface area contributed by atoms with Crippen LogP contribution in [0.5, 0.6) is 5.19 Å². The zero-order valence-electron chi connectivity index (χ0n) is 13.8. The van der Waals surface area contributed by atoms with Gasteiger partial charge in [-0.05, 0) is 30.3 Å². The lowest BCUT2D eigenvalue weighted by Crippen LogP contribution is -2.41. The first kappa shape index (κ1) is 17.2. The third-order valence-electron chi connectivity index (χ3n) is 4.43. The van der Waals surface area contributed by atoms with E-state index < -0.39 is 5.82 Å². The van der Waals surface area contributed by atoms with Gasteiger partial charge < -0.3 is 9.64 Å². The van der Waals surface area contributed by atoms with E-state index in [9.17, 15) is 9.18 Å². The molecule has 134 valence electrons. The molecular weight excluding hydrogens is 375 g/mol. The molecular formula is C19H16ClFN2O2S. The number of para-hydroxylation sites is 1. The molecule has 4 rings (SSSR count). The maximum Gasteiger partial charge on any atom is 0.274 e. The van der Waals surface area contributed by atoms with Crippen LogP contribution in [0.1, 0.15) is 23.2 Å². The van der Waals surface area contributed by atoms with Gasteiger partial charge in [0.15, 0.2) is 0 Å². The zero-order chi connectivity index (χ0) is 18.1. The number of amides is 1. The summed E-state index contributed by atoms with van der Waals surface area (Å²) >= 11 is 7.53. The van der Waals surface area contributed by atoms with Crippen LogP contribution < -0.4 is 4.74 Å². The van der Waals surface area contributed by atoms with E-state index in [0.29, 0.717) is 23.8 Å². The van der Waals surface area contributed by atoms with Gasteiger partial charge in [0.25, 0.3) is 11.1 Å². The summed E-state index contributed by atoms with van der Waals surface area (Å²) in [5.74, 6) is -0.622. The molecule has 1 amide bonds. The molecule has 0 radical (unpaired) electrons. The van der Waals surface area contributed by atoms with Crippen molar-refractivity contribution in [3.8, 4) is 5.19 Å². The Morgan fingerprint density at radius 3 is 2.73 bits per heavy atom. The summed E-state index contributed by atoms with van der Waals surface area (Å²) in [6, 6.07) is 11.8. The van der Waals surface area contributed by atoms with E-state index in [0.717, 1.165) is 29.1 Å². The number of fused-ring (bicyclic) bond motifs is 1. The molecule has 0 atom stereocenters. The van der Waals surface area contributed by atoms with Gasteiger partial charge in [0.2, 0.25) is 0 Å². The highest BCUT2D eigenvalue weighted by Gasteiger charge is 2.26. The number of hydrogen-bond acceptors (Lipinski definition) is 4. The van der Waals surface area contributed by atoms with Crippen molar-refractivity contribution in [1.29, 1.82) is 0 Å². The summed E-state index contributed by atoms with van der Waals surface area (Å²) in [4.78, 5) is 18.8. The highest BCUT2D eigenvalue weighted by Crippen LogP contribution is 2.30. The molecule has 3 aromatic rings. The number of ether oxygens (including phenoxy) is 1. The van der Waals surface area contributed by atoms with Crippen LogP contribution in [-0.2, 0) is 0 Å². The summed E-state index contributed by atoms with van der Waals surface area (Å²) in [6.45, 7) is 1.14. The van der Waals surface area contributed by atoms with Crippen LogP contribution in [0.3, 0.4) is 0 Å². The molecule has 1 fully saturated rings. The van der Waals surface area contributed by atoms with Crippen LogP contribution in [0.25, 0.3) is 10.2 Å². The third kappa shape index (κ3) is 3.52. The topological polar surface area (TPSA) is 42.4 Å². The highest BCUT2D eigenvalue weighted by molar-refractivity contribution is 7.20. The lowest BCUT2D eigenvalue weighted by atomic mass is 10.1. The van der Waals surface area contributed by atoms with E-state index in [2.05, 4.69) is 4.98 Å². The van der Waals surface area contributed by atoms with Gasteiger partial charge in [-0.3, -0.25) is 4.79 Å². The zero-order valence-corrected chi connectivity index (χ0v) is 15.4. The van der Waals surface area contributed by atoms with E-state index in [-0.39, 0.29) is 17.0 Å². The molecule has 0 spiro atoms. The number of nitrogens with zero attached hydrogens (tertiary/aromatic N) is 2. The van der Waals surface area contributed by atoms with Crippen molar-refractivity contribution in [3.05, 3.63) is 58.9 Å². The minimum atomic E-state index is -0.450. The van der Waals surface area contributed by atoms with E-state index in [1.807, 2.05) is 24.3 Å². The number of halogens is 2. The summed E-state index contributed by atoms with van der Waals surface area (Å²) in [7, 11) is 0. The summed E-state index contributed by atoms with van der Waals surface area (Å²) in [5.41, 5.74) is 1.27. The number of likely N-dealkylation sites (tertiary alicyclic amines) is 1. The first-order chi connectivity index (χ1) is 12.6. The molecule has 2 aromatic carbocycles. The van der Waals surface area contributed by atoms with Gasteiger partial charge in [-0.25, -0.2) is 9.37 Å². The molecule has 1 aliphatic heterocycles. The van der Waals surface area contributed by atoms with Crippen LogP contribution in [0, 0.1) is 5.82 Å². The number of thiazole rings is 1. The lowest BCUT2D eigenvalue weighted by molar-refractivity contribution is 0.0595. The molecule has 0 bridgehead atoms. The summed E-state index contributed by atoms with van der Waals surface area (Å²) in [5, 5.41) is 0.806. The molecule has 0 N–H and O–H groups in total. The summed E-state index contributed by atoms with van der Waals surface area (Å²) in [6.07, 6.45) is 1.48. The fourth-order valence-electron chi connectivity index (χ4n) is 3.05. The van der Waals surface area contributed by atoms with E-state index in [1.54, 1.807) is 4.90 Å². The van der Waals surface area contributed by atoms with Crippen molar-refractivity contribution >= 4 is 39.1 Å². The van der Waals surface area contributed by atoms with Crippen LogP contribution in [-0.4, -0.2) is 35.0 Å². The first-order valence-electron chi connectivity index (χ1n) is 8.37. The SMILES string of the molecule is O=C(c1ccc(F)cc1Cl)N1CCC(Oc2nc3ccccc3s2)CC1. The second-order valence-corrected chi connectivity index (χ2v) is 7.58. The molecule has 2 heterocycles. The van der Waals surface area contributed by atoms with Crippen molar-refractivity contribution in [3.63, 3.8) is 0 Å². The third-order valence-corrected chi connectivity index (χ3v) is 5.67. The Hall–Kier alpha value is -2.18. The molecule has 1 saturated heterocycles. The fraction of sp³-hybridized carbons (Fsp3) is 0.263. The number of benzene rings is 2. The monoisotopic (exact) mass is 390 g/mol. The number of aromatic nitrogens is 1. The Morgan fingerprint density at radius 1 is 1.23 bits per heavy atom. The van der Waals surface area contributed by atoms with Gasteiger partial charge in [-0.1, -0.05) is 35.1 Å². The smallest absolute Gasteiger partial charge is 0.274 e. The predicted molar refractivity (Wildman–Crippen MR) is 101 cm³/mol. The van der Waals surface area contributed by atoms with Gasteiger partial charge in [0.05, 0.1) is 20.8 Å². The number of rotatable bonds is 3. The van der Waals surface area contributed by atoms with Gasteiger partial charge in [0, 0.05) is 25.9 Å². The van der Waals surface area contributed by atoms with Crippen molar-refractivity contribution in [1.82, 2.24) is 9.88 Å². The second kappa shape index (κ2) is 7.21. The summed E-state index contributed by atoms with van der Waals surface area (Å²) < 4.78 is 20.3. The quantitative estimate of drug-likeness (QED) is 0.646. The Morgan fingerprint density at radius 2 is 2.00 bits per heavy atom. The second-order valence-electron chi connectivity index (χ2n) is 6.18. The normalized spacial score (nSPS) is 15.4. The molecule has 7 heteroatoms. The Labute approximate surface area is 159 Å². The van der Waals surface area contributed by atoms with E-state index in [4.69, 9.17) is 16.3 Å². The Balaban J connectivity index is 1.38. The average Bonchev–Trinajstić information content (AvgIpc) is 3.04.